The minimum Gasteiger partial charge on any atom is -0.493 e. The van der Waals surface area contributed by atoms with E-state index in [1.165, 1.54) is 14.2 Å². The minimum atomic E-state index is -0.735. The largest absolute Gasteiger partial charge is 0.493 e. The Morgan fingerprint density at radius 1 is 1.33 bits per heavy atom. The van der Waals surface area contributed by atoms with Crippen molar-refractivity contribution < 1.29 is 14.2 Å². The van der Waals surface area contributed by atoms with Crippen molar-refractivity contribution >= 4 is 15.9 Å². The number of methoxy groups -OCH3 is 2. The number of nitrogens with one attached hydrogen (secondary N) is 1. The van der Waals surface area contributed by atoms with Gasteiger partial charge in [-0.1, -0.05) is 0 Å². The molecule has 0 aliphatic carbocycles. The average Bonchev–Trinajstić information content (AvgIpc) is 3.31. The number of aromatic amines is 1. The first-order chi connectivity index (χ1) is 15.9. The van der Waals surface area contributed by atoms with E-state index in [9.17, 15) is 10.1 Å². The summed E-state index contributed by atoms with van der Waals surface area (Å²) in [5, 5.41) is 9.90. The number of hydrogen-bond donors (Lipinski definition) is 2. The van der Waals surface area contributed by atoms with Crippen LogP contribution < -0.4 is 25.5 Å². The molecule has 33 heavy (non-hydrogen) atoms. The Hall–Kier alpha value is -3.71. The SMILES string of the molecule is COc1cc(C2C(C#N)=C(N)Oc3cc(C)n(CCc4cnc[nH]4)c(=O)c32)cc(Br)c1OC. The van der Waals surface area contributed by atoms with Crippen molar-refractivity contribution in [1.82, 2.24) is 14.5 Å². The molecule has 2 aromatic heterocycles. The van der Waals surface area contributed by atoms with Crippen LogP contribution in [-0.2, 0) is 13.0 Å². The normalized spacial score (nSPS) is 14.9. The Morgan fingerprint density at radius 3 is 2.76 bits per heavy atom. The van der Waals surface area contributed by atoms with Crippen molar-refractivity contribution in [1.29, 1.82) is 5.26 Å². The Kier molecular flexibility index (Phi) is 6.16. The Labute approximate surface area is 198 Å². The standard InChI is InChI=1S/C23H22BrN5O4/c1-12-6-17-20(23(30)29(12)5-4-14-10-27-11-28-14)19(15(9-25)22(26)33-17)13-7-16(24)21(32-3)18(8-13)31-2/h6-8,10-11,19H,4-5,26H2,1-3H3,(H,27,28). The quantitative estimate of drug-likeness (QED) is 0.520. The first kappa shape index (κ1) is 22.5. The van der Waals surface area contributed by atoms with Gasteiger partial charge in [-0.2, -0.15) is 5.26 Å². The van der Waals surface area contributed by atoms with Gasteiger partial charge in [0.05, 0.1) is 36.5 Å². The lowest BCUT2D eigenvalue weighted by atomic mass is 9.84. The fraction of sp³-hybridized carbons (Fsp3) is 0.261. The van der Waals surface area contributed by atoms with Crippen LogP contribution in [0.5, 0.6) is 17.2 Å². The van der Waals surface area contributed by atoms with Crippen molar-refractivity contribution in [3.63, 3.8) is 0 Å². The molecule has 1 aromatic carbocycles. The lowest BCUT2D eigenvalue weighted by Crippen LogP contribution is -2.33. The molecule has 0 spiro atoms. The van der Waals surface area contributed by atoms with Crippen molar-refractivity contribution in [2.24, 2.45) is 5.73 Å². The maximum Gasteiger partial charge on any atom is 0.258 e. The molecule has 3 N–H and O–H groups in total. The molecule has 1 atom stereocenters. The molecule has 4 rings (SSSR count). The molecule has 3 heterocycles. The molecular weight excluding hydrogens is 490 g/mol. The summed E-state index contributed by atoms with van der Waals surface area (Å²) < 4.78 is 18.9. The van der Waals surface area contributed by atoms with E-state index >= 15 is 0 Å². The third kappa shape index (κ3) is 3.96. The van der Waals surface area contributed by atoms with Gasteiger partial charge < -0.3 is 29.5 Å². The zero-order valence-electron chi connectivity index (χ0n) is 18.3. The highest BCUT2D eigenvalue weighted by Crippen LogP contribution is 2.45. The van der Waals surface area contributed by atoms with Gasteiger partial charge in [0.25, 0.3) is 5.56 Å². The van der Waals surface area contributed by atoms with Gasteiger partial charge in [-0.05, 0) is 40.5 Å². The average molecular weight is 512 g/mol. The van der Waals surface area contributed by atoms with Gasteiger partial charge in [0.2, 0.25) is 5.88 Å². The fourth-order valence-electron chi connectivity index (χ4n) is 4.06. The smallest absolute Gasteiger partial charge is 0.258 e. The lowest BCUT2D eigenvalue weighted by molar-refractivity contribution is 0.352. The van der Waals surface area contributed by atoms with Crippen LogP contribution in [0.4, 0.5) is 0 Å². The molecule has 0 saturated carbocycles. The van der Waals surface area contributed by atoms with E-state index in [0.29, 0.717) is 45.8 Å². The maximum atomic E-state index is 13.7. The Morgan fingerprint density at radius 2 is 2.12 bits per heavy atom. The molecular formula is C23H22BrN5O4. The van der Waals surface area contributed by atoms with E-state index in [1.807, 2.05) is 6.92 Å². The molecule has 0 fully saturated rings. The van der Waals surface area contributed by atoms with E-state index in [4.69, 9.17) is 19.9 Å². The molecule has 0 radical (unpaired) electrons. The van der Waals surface area contributed by atoms with Crippen LogP contribution in [0.1, 0.15) is 28.4 Å². The van der Waals surface area contributed by atoms with E-state index in [1.54, 1.807) is 35.3 Å². The molecule has 1 aliphatic heterocycles. The number of aryl methyl sites for hydroxylation is 2. The van der Waals surface area contributed by atoms with Crippen molar-refractivity contribution in [2.45, 2.75) is 25.8 Å². The summed E-state index contributed by atoms with van der Waals surface area (Å²) in [5.74, 6) is 0.529. The zero-order valence-corrected chi connectivity index (χ0v) is 19.9. The number of nitriles is 1. The number of nitrogens with two attached hydrogens (primary N) is 1. The second-order valence-corrected chi connectivity index (χ2v) is 8.36. The molecule has 0 bridgehead atoms. The predicted molar refractivity (Wildman–Crippen MR) is 124 cm³/mol. The number of imidazole rings is 1. The van der Waals surface area contributed by atoms with E-state index in [-0.39, 0.29) is 17.0 Å². The first-order valence-corrected chi connectivity index (χ1v) is 10.9. The number of H-pyrrole nitrogens is 1. The molecule has 9 nitrogen and oxygen atoms in total. The molecule has 0 saturated heterocycles. The van der Waals surface area contributed by atoms with Gasteiger partial charge in [0, 0.05) is 36.6 Å². The summed E-state index contributed by atoms with van der Waals surface area (Å²) in [5.41, 5.74) is 8.63. The summed E-state index contributed by atoms with van der Waals surface area (Å²) >= 11 is 3.49. The highest BCUT2D eigenvalue weighted by Gasteiger charge is 2.35. The Balaban J connectivity index is 1.90. The zero-order chi connectivity index (χ0) is 23.7. The summed E-state index contributed by atoms with van der Waals surface area (Å²) in [6.07, 6.45) is 3.92. The minimum absolute atomic E-state index is 0.0325. The van der Waals surface area contributed by atoms with Gasteiger partial charge in [-0.3, -0.25) is 4.79 Å². The number of fused-ring (bicyclic) bond motifs is 1. The highest BCUT2D eigenvalue weighted by molar-refractivity contribution is 9.10. The summed E-state index contributed by atoms with van der Waals surface area (Å²) in [7, 11) is 3.05. The van der Waals surface area contributed by atoms with Gasteiger partial charge >= 0.3 is 0 Å². The monoisotopic (exact) mass is 511 g/mol. The van der Waals surface area contributed by atoms with Gasteiger partial charge in [0.1, 0.15) is 17.4 Å². The lowest BCUT2D eigenvalue weighted by Gasteiger charge is -2.28. The second-order valence-electron chi connectivity index (χ2n) is 7.51. The first-order valence-electron chi connectivity index (χ1n) is 10.1. The molecule has 1 aliphatic rings. The van der Waals surface area contributed by atoms with Crippen molar-refractivity contribution in [2.75, 3.05) is 14.2 Å². The van der Waals surface area contributed by atoms with Crippen molar-refractivity contribution in [3.05, 3.63) is 79.5 Å². The number of rotatable bonds is 6. The molecule has 10 heteroatoms. The van der Waals surface area contributed by atoms with E-state index < -0.39 is 5.92 Å². The number of benzene rings is 1. The van der Waals surface area contributed by atoms with E-state index in [2.05, 4.69) is 32.0 Å². The maximum absolute atomic E-state index is 13.7. The van der Waals surface area contributed by atoms with Crippen LogP contribution in [0.25, 0.3) is 0 Å². The molecule has 3 aromatic rings. The predicted octanol–water partition coefficient (Wildman–Crippen LogP) is 3.12. The van der Waals surface area contributed by atoms with Crippen LogP contribution in [0.2, 0.25) is 0 Å². The van der Waals surface area contributed by atoms with Crippen LogP contribution in [0.3, 0.4) is 0 Å². The number of pyridine rings is 1. The summed E-state index contributed by atoms with van der Waals surface area (Å²) in [4.78, 5) is 20.8. The third-order valence-electron chi connectivity index (χ3n) is 5.64. The van der Waals surface area contributed by atoms with Crippen LogP contribution in [-0.4, -0.2) is 28.8 Å². The molecule has 1 unspecified atom stereocenters. The van der Waals surface area contributed by atoms with Gasteiger partial charge in [0.15, 0.2) is 11.5 Å². The Bertz CT molecular complexity index is 1340. The number of ether oxygens (including phenoxy) is 3. The summed E-state index contributed by atoms with van der Waals surface area (Å²) in [6.45, 7) is 2.27. The third-order valence-corrected chi connectivity index (χ3v) is 6.23. The van der Waals surface area contributed by atoms with Crippen LogP contribution in [0, 0.1) is 18.3 Å². The molecule has 170 valence electrons. The molecule has 0 amide bonds. The van der Waals surface area contributed by atoms with Crippen LogP contribution in [0.15, 0.2) is 51.4 Å². The number of halogens is 1. The number of hydrogen-bond acceptors (Lipinski definition) is 7. The van der Waals surface area contributed by atoms with Crippen LogP contribution >= 0.6 is 15.9 Å². The second kappa shape index (κ2) is 9.03. The van der Waals surface area contributed by atoms with Gasteiger partial charge in [-0.15, -0.1) is 0 Å². The van der Waals surface area contributed by atoms with E-state index in [0.717, 1.165) is 11.4 Å². The summed E-state index contributed by atoms with van der Waals surface area (Å²) in [6, 6.07) is 7.43. The fourth-order valence-corrected chi connectivity index (χ4v) is 4.68. The van der Waals surface area contributed by atoms with Crippen molar-refractivity contribution in [3.8, 4) is 23.3 Å². The number of aromatic nitrogens is 3. The topological polar surface area (TPSA) is 128 Å². The van der Waals surface area contributed by atoms with Gasteiger partial charge in [-0.25, -0.2) is 4.98 Å². The number of allylic oxidation sites excluding steroid dienone is 1. The number of nitrogens with zero attached hydrogens (tertiary/aromatic N) is 3. The highest BCUT2D eigenvalue weighted by atomic mass is 79.9.